The van der Waals surface area contributed by atoms with E-state index in [-0.39, 0.29) is 6.10 Å². The first-order valence-electron chi connectivity index (χ1n) is 9.13. The number of hydrogen-bond acceptors (Lipinski definition) is 7. The SMILES string of the molecule is CCCCOC1C(OC(C)=O)[C@H](OC(C)=O)OC(C)[C@@H]1OCCCC. The van der Waals surface area contributed by atoms with Gasteiger partial charge in [-0.15, -0.1) is 0 Å². The van der Waals surface area contributed by atoms with E-state index < -0.39 is 36.5 Å². The van der Waals surface area contributed by atoms with E-state index in [0.29, 0.717) is 13.2 Å². The highest BCUT2D eigenvalue weighted by Gasteiger charge is 2.49. The highest BCUT2D eigenvalue weighted by molar-refractivity contribution is 5.67. The van der Waals surface area contributed by atoms with E-state index in [1.165, 1.54) is 13.8 Å². The molecule has 7 heteroatoms. The van der Waals surface area contributed by atoms with Gasteiger partial charge in [0.25, 0.3) is 0 Å². The number of hydrogen-bond donors (Lipinski definition) is 0. The molecule has 1 aliphatic rings. The minimum absolute atomic E-state index is 0.361. The van der Waals surface area contributed by atoms with Gasteiger partial charge in [-0.25, -0.2) is 0 Å². The van der Waals surface area contributed by atoms with Gasteiger partial charge in [0.15, 0.2) is 6.10 Å². The molecule has 0 spiro atoms. The molecular formula is C18H32O7. The van der Waals surface area contributed by atoms with E-state index in [9.17, 15) is 9.59 Å². The van der Waals surface area contributed by atoms with Crippen molar-refractivity contribution >= 4 is 11.9 Å². The predicted molar refractivity (Wildman–Crippen MR) is 91.0 cm³/mol. The molecule has 1 fully saturated rings. The van der Waals surface area contributed by atoms with Gasteiger partial charge < -0.3 is 23.7 Å². The van der Waals surface area contributed by atoms with E-state index >= 15 is 0 Å². The Balaban J connectivity index is 2.97. The molecule has 3 unspecified atom stereocenters. The van der Waals surface area contributed by atoms with Crippen molar-refractivity contribution in [3.8, 4) is 0 Å². The third-order valence-electron chi connectivity index (χ3n) is 3.93. The van der Waals surface area contributed by atoms with Crippen LogP contribution in [0.5, 0.6) is 0 Å². The lowest BCUT2D eigenvalue weighted by Gasteiger charge is -2.44. The number of ether oxygens (including phenoxy) is 5. The Morgan fingerprint density at radius 2 is 1.36 bits per heavy atom. The van der Waals surface area contributed by atoms with Crippen LogP contribution >= 0.6 is 0 Å². The highest BCUT2D eigenvalue weighted by atomic mass is 16.7. The molecule has 1 rings (SSSR count). The summed E-state index contributed by atoms with van der Waals surface area (Å²) in [6, 6.07) is 0. The van der Waals surface area contributed by atoms with Crippen molar-refractivity contribution < 1.29 is 33.3 Å². The van der Waals surface area contributed by atoms with Gasteiger partial charge in [-0.2, -0.15) is 0 Å². The molecule has 0 aromatic carbocycles. The zero-order valence-electron chi connectivity index (χ0n) is 16.0. The van der Waals surface area contributed by atoms with Crippen LogP contribution in [0.25, 0.3) is 0 Å². The second kappa shape index (κ2) is 11.4. The summed E-state index contributed by atoms with van der Waals surface area (Å²) < 4.78 is 28.3. The Labute approximate surface area is 150 Å². The summed E-state index contributed by atoms with van der Waals surface area (Å²) in [6.45, 7) is 9.65. The number of esters is 2. The number of rotatable bonds is 10. The molecular weight excluding hydrogens is 328 g/mol. The third kappa shape index (κ3) is 7.30. The second-order valence-corrected chi connectivity index (χ2v) is 6.27. The Morgan fingerprint density at radius 1 is 0.840 bits per heavy atom. The quantitative estimate of drug-likeness (QED) is 0.437. The summed E-state index contributed by atoms with van der Waals surface area (Å²) in [5.74, 6) is -0.997. The monoisotopic (exact) mass is 360 g/mol. The zero-order chi connectivity index (χ0) is 18.8. The van der Waals surface area contributed by atoms with Gasteiger partial charge in [0, 0.05) is 27.1 Å². The molecule has 0 bridgehead atoms. The maximum atomic E-state index is 11.6. The average Bonchev–Trinajstić information content (AvgIpc) is 2.52. The fraction of sp³-hybridized carbons (Fsp3) is 0.889. The standard InChI is InChI=1S/C18H32O7/c1-6-8-10-21-15-12(3)23-18(25-14(5)20)17(24-13(4)19)16(15)22-11-9-7-2/h12,15-18H,6-11H2,1-5H3/t12?,15-,16?,17?,18-/m0/s1. The Hall–Kier alpha value is -1.18. The van der Waals surface area contributed by atoms with Crippen LogP contribution in [0.1, 0.15) is 60.3 Å². The summed E-state index contributed by atoms with van der Waals surface area (Å²) in [5, 5.41) is 0. The van der Waals surface area contributed by atoms with Crippen LogP contribution in [-0.2, 0) is 33.3 Å². The molecule has 5 atom stereocenters. The van der Waals surface area contributed by atoms with Gasteiger partial charge in [0.1, 0.15) is 12.2 Å². The van der Waals surface area contributed by atoms with E-state index in [1.807, 2.05) is 6.92 Å². The highest BCUT2D eigenvalue weighted by Crippen LogP contribution is 2.29. The van der Waals surface area contributed by atoms with E-state index in [2.05, 4.69) is 13.8 Å². The van der Waals surface area contributed by atoms with Gasteiger partial charge in [0.05, 0.1) is 6.10 Å². The largest absolute Gasteiger partial charge is 0.453 e. The topological polar surface area (TPSA) is 80.3 Å². The number of unbranched alkanes of at least 4 members (excludes halogenated alkanes) is 2. The van der Waals surface area contributed by atoms with Gasteiger partial charge in [-0.05, 0) is 19.8 Å². The lowest BCUT2D eigenvalue weighted by Crippen LogP contribution is -2.60. The van der Waals surface area contributed by atoms with Crippen LogP contribution in [0, 0.1) is 0 Å². The van der Waals surface area contributed by atoms with Crippen LogP contribution in [-0.4, -0.2) is 55.9 Å². The number of carbonyl (C=O) groups is 2. The van der Waals surface area contributed by atoms with Crippen molar-refractivity contribution in [2.75, 3.05) is 13.2 Å². The molecule has 0 saturated carbocycles. The number of carbonyl (C=O) groups excluding carboxylic acids is 2. The van der Waals surface area contributed by atoms with E-state index in [0.717, 1.165) is 25.7 Å². The van der Waals surface area contributed by atoms with Gasteiger partial charge in [-0.3, -0.25) is 9.59 Å². The van der Waals surface area contributed by atoms with Crippen molar-refractivity contribution in [2.24, 2.45) is 0 Å². The van der Waals surface area contributed by atoms with Crippen molar-refractivity contribution in [1.29, 1.82) is 0 Å². The fourth-order valence-electron chi connectivity index (χ4n) is 2.70. The van der Waals surface area contributed by atoms with Gasteiger partial charge in [-0.1, -0.05) is 26.7 Å². The molecule has 25 heavy (non-hydrogen) atoms. The third-order valence-corrected chi connectivity index (χ3v) is 3.93. The molecule has 0 N–H and O–H groups in total. The van der Waals surface area contributed by atoms with E-state index in [1.54, 1.807) is 0 Å². The second-order valence-electron chi connectivity index (χ2n) is 6.27. The van der Waals surface area contributed by atoms with Crippen LogP contribution in [0.15, 0.2) is 0 Å². The maximum Gasteiger partial charge on any atom is 0.305 e. The Bertz CT molecular complexity index is 412. The van der Waals surface area contributed by atoms with Gasteiger partial charge in [0.2, 0.25) is 6.29 Å². The maximum absolute atomic E-state index is 11.6. The Kier molecular flexibility index (Phi) is 10.0. The molecule has 0 aromatic rings. The normalized spacial score (nSPS) is 29.2. The first-order valence-corrected chi connectivity index (χ1v) is 9.13. The summed E-state index contributed by atoms with van der Waals surface area (Å²) in [4.78, 5) is 22.9. The molecule has 1 saturated heterocycles. The first-order chi connectivity index (χ1) is 11.9. The van der Waals surface area contributed by atoms with Crippen molar-refractivity contribution in [3.05, 3.63) is 0 Å². The molecule has 0 aliphatic carbocycles. The molecule has 1 aliphatic heterocycles. The fourth-order valence-corrected chi connectivity index (χ4v) is 2.70. The zero-order valence-corrected chi connectivity index (χ0v) is 16.0. The summed E-state index contributed by atoms with van der Waals surface area (Å²) in [7, 11) is 0. The summed E-state index contributed by atoms with van der Waals surface area (Å²) in [6.07, 6.45) is 0.586. The summed E-state index contributed by atoms with van der Waals surface area (Å²) >= 11 is 0. The lowest BCUT2D eigenvalue weighted by atomic mass is 9.98. The van der Waals surface area contributed by atoms with Crippen molar-refractivity contribution in [2.45, 2.75) is 91.0 Å². The van der Waals surface area contributed by atoms with E-state index in [4.69, 9.17) is 23.7 Å². The summed E-state index contributed by atoms with van der Waals surface area (Å²) in [5.41, 5.74) is 0. The molecule has 0 aromatic heterocycles. The van der Waals surface area contributed by atoms with Crippen LogP contribution in [0.3, 0.4) is 0 Å². The predicted octanol–water partition coefficient (Wildman–Crippen LogP) is 2.60. The van der Waals surface area contributed by atoms with Crippen LogP contribution < -0.4 is 0 Å². The molecule has 7 nitrogen and oxygen atoms in total. The minimum atomic E-state index is -1.01. The molecule has 0 amide bonds. The lowest BCUT2D eigenvalue weighted by molar-refractivity contribution is -0.301. The first kappa shape index (κ1) is 21.9. The average molecular weight is 360 g/mol. The molecule has 146 valence electrons. The van der Waals surface area contributed by atoms with Crippen LogP contribution in [0.2, 0.25) is 0 Å². The smallest absolute Gasteiger partial charge is 0.305 e. The van der Waals surface area contributed by atoms with Crippen molar-refractivity contribution in [3.63, 3.8) is 0 Å². The van der Waals surface area contributed by atoms with Crippen molar-refractivity contribution in [1.82, 2.24) is 0 Å². The Morgan fingerprint density at radius 3 is 1.84 bits per heavy atom. The molecule has 0 radical (unpaired) electrons. The van der Waals surface area contributed by atoms with Crippen LogP contribution in [0.4, 0.5) is 0 Å². The molecule has 1 heterocycles. The minimum Gasteiger partial charge on any atom is -0.453 e. The van der Waals surface area contributed by atoms with Gasteiger partial charge >= 0.3 is 11.9 Å².